The van der Waals surface area contributed by atoms with Crippen molar-refractivity contribution < 1.29 is 18.0 Å². The van der Waals surface area contributed by atoms with E-state index in [9.17, 15) is 18.0 Å². The molecule has 0 aromatic carbocycles. The van der Waals surface area contributed by atoms with Crippen LogP contribution < -0.4 is 15.5 Å². The minimum Gasteiger partial charge on any atom is -0.348 e. The zero-order valence-corrected chi connectivity index (χ0v) is 22.7. The van der Waals surface area contributed by atoms with Gasteiger partial charge in [0.05, 0.1) is 11.0 Å². The Morgan fingerprint density at radius 1 is 1.07 bits per heavy atom. The van der Waals surface area contributed by atoms with E-state index in [0.29, 0.717) is 28.8 Å². The zero-order valence-electron chi connectivity index (χ0n) is 21.9. The predicted octanol–water partition coefficient (Wildman–Crippen LogP) is 5.26. The summed E-state index contributed by atoms with van der Waals surface area (Å²) in [5, 5.41) is 6.45. The van der Waals surface area contributed by atoms with E-state index in [4.69, 9.17) is 4.98 Å². The van der Waals surface area contributed by atoms with Crippen LogP contribution in [0.15, 0.2) is 42.0 Å². The van der Waals surface area contributed by atoms with Crippen molar-refractivity contribution in [3.8, 4) is 21.7 Å². The minimum absolute atomic E-state index is 0.164. The number of carbonyl (C=O) groups is 1. The molecule has 208 valence electrons. The molecule has 13 heteroatoms. The number of nitrogens with zero attached hydrogens (tertiary/aromatic N) is 6. The van der Waals surface area contributed by atoms with Crippen LogP contribution in [0.3, 0.4) is 0 Å². The van der Waals surface area contributed by atoms with E-state index in [0.717, 1.165) is 54.0 Å². The molecule has 2 fully saturated rings. The van der Waals surface area contributed by atoms with Gasteiger partial charge in [0.2, 0.25) is 0 Å². The molecule has 2 bridgehead atoms. The normalized spacial score (nSPS) is 19.3. The lowest BCUT2D eigenvalue weighted by Gasteiger charge is -2.41. The fraction of sp³-hybridized carbons (Fsp3) is 0.370. The zero-order chi connectivity index (χ0) is 28.0. The number of urea groups is 1. The van der Waals surface area contributed by atoms with E-state index in [1.807, 2.05) is 18.2 Å². The van der Waals surface area contributed by atoms with Gasteiger partial charge in [-0.05, 0) is 51.1 Å². The van der Waals surface area contributed by atoms with Crippen LogP contribution in [0.5, 0.6) is 0 Å². The molecule has 9 nitrogen and oxygen atoms in total. The van der Waals surface area contributed by atoms with Crippen LogP contribution >= 0.6 is 11.3 Å². The van der Waals surface area contributed by atoms with Crippen LogP contribution in [0, 0.1) is 0 Å². The molecular weight excluding hydrogens is 541 g/mol. The van der Waals surface area contributed by atoms with Crippen molar-refractivity contribution in [2.45, 2.75) is 38.0 Å². The monoisotopic (exact) mass is 568 g/mol. The van der Waals surface area contributed by atoms with Gasteiger partial charge in [-0.2, -0.15) is 13.2 Å². The summed E-state index contributed by atoms with van der Waals surface area (Å²) in [6.07, 6.45) is 0.732. The minimum atomic E-state index is -4.58. The second kappa shape index (κ2) is 10.3. The van der Waals surface area contributed by atoms with Crippen LogP contribution in [-0.4, -0.2) is 69.6 Å². The van der Waals surface area contributed by atoms with Crippen molar-refractivity contribution in [1.29, 1.82) is 0 Å². The summed E-state index contributed by atoms with van der Waals surface area (Å²) in [6.45, 7) is 3.98. The molecule has 4 aromatic rings. The molecule has 0 spiro atoms. The summed E-state index contributed by atoms with van der Waals surface area (Å²) < 4.78 is 40.6. The number of likely N-dealkylation sites (tertiary alicyclic amines) is 1. The van der Waals surface area contributed by atoms with Crippen molar-refractivity contribution in [3.05, 3.63) is 47.7 Å². The average Bonchev–Trinajstić information content (AvgIpc) is 3.52. The van der Waals surface area contributed by atoms with Gasteiger partial charge in [-0.15, -0.1) is 11.3 Å². The van der Waals surface area contributed by atoms with Gasteiger partial charge in [0.1, 0.15) is 16.6 Å². The first-order chi connectivity index (χ1) is 19.2. The van der Waals surface area contributed by atoms with E-state index in [-0.39, 0.29) is 22.9 Å². The molecule has 2 aliphatic rings. The van der Waals surface area contributed by atoms with Gasteiger partial charge >= 0.3 is 12.2 Å². The highest BCUT2D eigenvalue weighted by Crippen LogP contribution is 2.44. The summed E-state index contributed by atoms with van der Waals surface area (Å²) in [7, 11) is 2.12. The quantitative estimate of drug-likeness (QED) is 0.339. The number of piperazine rings is 1. The van der Waals surface area contributed by atoms with Gasteiger partial charge in [-0.25, -0.2) is 19.7 Å². The number of nitrogens with one attached hydrogen (secondary N) is 2. The molecule has 6 heterocycles. The first-order valence-electron chi connectivity index (χ1n) is 13.0. The van der Waals surface area contributed by atoms with Crippen LogP contribution in [0.1, 0.15) is 25.5 Å². The highest BCUT2D eigenvalue weighted by molar-refractivity contribution is 7.13. The highest BCUT2D eigenvalue weighted by atomic mass is 32.1. The van der Waals surface area contributed by atoms with E-state index in [1.54, 1.807) is 25.4 Å². The van der Waals surface area contributed by atoms with Crippen molar-refractivity contribution in [2.75, 3.05) is 36.9 Å². The first kappa shape index (κ1) is 26.4. The molecular formula is C27H27F3N8OS. The maximum atomic E-state index is 13.5. The first-order valence-corrected chi connectivity index (χ1v) is 13.9. The van der Waals surface area contributed by atoms with Crippen molar-refractivity contribution in [3.63, 3.8) is 0 Å². The molecule has 0 radical (unpaired) electrons. The van der Waals surface area contributed by atoms with E-state index >= 15 is 0 Å². The molecule has 6 rings (SSSR count). The maximum Gasteiger partial charge on any atom is 0.434 e. The summed E-state index contributed by atoms with van der Waals surface area (Å²) in [6, 6.07) is 7.28. The molecule has 0 aliphatic carbocycles. The topological polar surface area (TPSA) is 99.2 Å². The summed E-state index contributed by atoms with van der Waals surface area (Å²) in [5.74, 6) is 0.947. The van der Waals surface area contributed by atoms with Crippen molar-refractivity contribution in [1.82, 2.24) is 30.2 Å². The molecule has 2 unspecified atom stereocenters. The number of carbonyl (C=O) groups excluding carboxylic acids is 1. The molecule has 2 saturated heterocycles. The highest BCUT2D eigenvalue weighted by Gasteiger charge is 2.41. The second-order valence-corrected chi connectivity index (χ2v) is 10.9. The van der Waals surface area contributed by atoms with Gasteiger partial charge in [-0.3, -0.25) is 10.3 Å². The number of hydrogen-bond acceptors (Lipinski definition) is 8. The number of rotatable bonds is 5. The van der Waals surface area contributed by atoms with E-state index in [1.165, 1.54) is 0 Å². The number of likely N-dealkylation sites (N-methyl/N-ethyl adjacent to an activating group) is 1. The molecule has 2 amide bonds. The fourth-order valence-corrected chi connectivity index (χ4v) is 6.47. The number of fused-ring (bicyclic) bond motifs is 3. The molecule has 4 aromatic heterocycles. The van der Waals surface area contributed by atoms with Gasteiger partial charge in [0, 0.05) is 66.2 Å². The number of thiazole rings is 1. The van der Waals surface area contributed by atoms with E-state index < -0.39 is 17.9 Å². The molecule has 2 atom stereocenters. The lowest BCUT2D eigenvalue weighted by Crippen LogP contribution is -2.53. The standard InChI is InChI=1S/C27H27F3N8OS/c1-3-31-26(39)36-23-10-18(25-35-22(14-40-25)27(28,29)30)19(11-33-23)17-9-21-20(5-4-8-32-21)34-24(17)38-15-6-7-16(38)13-37(2)12-15/h4-5,8-11,14-16H,3,6-7,12-13H2,1-2H3,(H2,31,33,36,39). The Labute approximate surface area is 232 Å². The number of amides is 2. The van der Waals surface area contributed by atoms with Crippen LogP contribution in [0.25, 0.3) is 32.7 Å². The lowest BCUT2D eigenvalue weighted by atomic mass is 10.00. The third kappa shape index (κ3) is 4.94. The fourth-order valence-electron chi connectivity index (χ4n) is 5.61. The molecule has 40 heavy (non-hydrogen) atoms. The summed E-state index contributed by atoms with van der Waals surface area (Å²) >= 11 is 0.891. The largest absolute Gasteiger partial charge is 0.434 e. The van der Waals surface area contributed by atoms with Crippen molar-refractivity contribution in [2.24, 2.45) is 0 Å². The summed E-state index contributed by atoms with van der Waals surface area (Å²) in [5.41, 5.74) is 2.12. The Morgan fingerprint density at radius 2 is 1.85 bits per heavy atom. The van der Waals surface area contributed by atoms with Gasteiger partial charge in [0.25, 0.3) is 0 Å². The number of anilines is 2. The number of pyridine rings is 3. The Bertz CT molecular complexity index is 1560. The lowest BCUT2D eigenvalue weighted by molar-refractivity contribution is -0.140. The summed E-state index contributed by atoms with van der Waals surface area (Å²) in [4.78, 5) is 34.8. The maximum absolute atomic E-state index is 13.5. The smallest absolute Gasteiger partial charge is 0.348 e. The van der Waals surface area contributed by atoms with Gasteiger partial charge in [-0.1, -0.05) is 0 Å². The number of halogens is 3. The van der Waals surface area contributed by atoms with Crippen LogP contribution in [-0.2, 0) is 6.18 Å². The average molecular weight is 569 g/mol. The van der Waals surface area contributed by atoms with Crippen molar-refractivity contribution >= 4 is 40.0 Å². The molecule has 0 saturated carbocycles. The Hall–Kier alpha value is -3.84. The molecule has 2 N–H and O–H groups in total. The Morgan fingerprint density at radius 3 is 2.55 bits per heavy atom. The van der Waals surface area contributed by atoms with Crippen LogP contribution in [0.4, 0.5) is 29.6 Å². The number of aromatic nitrogens is 4. The SMILES string of the molecule is CCNC(=O)Nc1cc(-c2nc(C(F)(F)F)cs2)c(-c2cc3ncccc3nc2N2C3CCC2CN(C)C3)cn1. The third-order valence-electron chi connectivity index (χ3n) is 7.27. The predicted molar refractivity (Wildman–Crippen MR) is 148 cm³/mol. The molecule has 2 aliphatic heterocycles. The second-order valence-electron chi connectivity index (χ2n) is 10.0. The van der Waals surface area contributed by atoms with Gasteiger partial charge in [0.15, 0.2) is 5.69 Å². The number of hydrogen-bond donors (Lipinski definition) is 2. The number of alkyl halides is 3. The van der Waals surface area contributed by atoms with E-state index in [2.05, 4.69) is 42.4 Å². The van der Waals surface area contributed by atoms with Crippen LogP contribution in [0.2, 0.25) is 0 Å². The third-order valence-corrected chi connectivity index (χ3v) is 8.15. The Balaban J connectivity index is 1.54. The van der Waals surface area contributed by atoms with Gasteiger partial charge < -0.3 is 15.1 Å². The Kier molecular flexibility index (Phi) is 6.78.